The van der Waals surface area contributed by atoms with E-state index in [4.69, 9.17) is 10.5 Å². The van der Waals surface area contributed by atoms with Gasteiger partial charge < -0.3 is 10.5 Å². The second-order valence-corrected chi connectivity index (χ2v) is 5.89. The van der Waals surface area contributed by atoms with Crippen molar-refractivity contribution in [2.45, 2.75) is 30.6 Å². The van der Waals surface area contributed by atoms with E-state index in [0.717, 1.165) is 0 Å². The highest BCUT2D eigenvalue weighted by Gasteiger charge is 2.27. The van der Waals surface area contributed by atoms with Gasteiger partial charge in [-0.15, -0.1) is 0 Å². The highest BCUT2D eigenvalue weighted by Crippen LogP contribution is 2.25. The summed E-state index contributed by atoms with van der Waals surface area (Å²) in [6.45, 7) is 3.25. The zero-order chi connectivity index (χ0) is 17.6. The van der Waals surface area contributed by atoms with Crippen molar-refractivity contribution in [1.29, 1.82) is 0 Å². The molecule has 0 spiro atoms. The fourth-order valence-electron chi connectivity index (χ4n) is 1.64. The average molecular weight is 346 g/mol. The molecule has 3 N–H and O–H groups in total. The number of carbonyl (C=O) groups is 3. The molecule has 0 saturated carbocycles. The molecule has 0 fully saturated rings. The van der Waals surface area contributed by atoms with E-state index in [1.165, 1.54) is 24.3 Å². The van der Waals surface area contributed by atoms with Gasteiger partial charge in [-0.1, -0.05) is 25.6 Å². The first-order valence-corrected chi connectivity index (χ1v) is 7.44. The van der Waals surface area contributed by atoms with E-state index in [9.17, 15) is 23.2 Å². The molecule has 1 atom stereocenters. The Morgan fingerprint density at radius 1 is 1.17 bits per heavy atom. The number of urea groups is 1. The van der Waals surface area contributed by atoms with E-state index >= 15 is 0 Å². The fourth-order valence-corrected chi connectivity index (χ4v) is 2.14. The second-order valence-electron chi connectivity index (χ2n) is 4.83. The van der Waals surface area contributed by atoms with Crippen LogP contribution >= 0.6 is 11.8 Å². The molecule has 1 aromatic carbocycles. The van der Waals surface area contributed by atoms with Crippen molar-refractivity contribution in [2.75, 3.05) is 0 Å². The van der Waals surface area contributed by atoms with Gasteiger partial charge in [0.1, 0.15) is 0 Å². The molecule has 1 aromatic rings. The number of alkyl halides is 2. The molecule has 3 amide bonds. The van der Waals surface area contributed by atoms with Crippen molar-refractivity contribution < 1.29 is 27.9 Å². The van der Waals surface area contributed by atoms with Crippen LogP contribution < -0.4 is 11.1 Å². The number of primary amides is 1. The summed E-state index contributed by atoms with van der Waals surface area (Å²) in [4.78, 5) is 34.8. The third kappa shape index (κ3) is 6.23. The van der Waals surface area contributed by atoms with Gasteiger partial charge >= 0.3 is 12.0 Å². The first-order valence-electron chi connectivity index (χ1n) is 6.57. The van der Waals surface area contributed by atoms with Crippen LogP contribution in [0.1, 0.15) is 24.2 Å². The Balaban J connectivity index is 2.78. The van der Waals surface area contributed by atoms with Crippen molar-refractivity contribution in [2.24, 2.45) is 11.7 Å². The molecule has 0 aromatic heterocycles. The molecular formula is C14H16F2N2O4S. The van der Waals surface area contributed by atoms with Crippen molar-refractivity contribution in [3.63, 3.8) is 0 Å². The second kappa shape index (κ2) is 8.47. The van der Waals surface area contributed by atoms with Crippen LogP contribution in [-0.4, -0.2) is 29.8 Å². The van der Waals surface area contributed by atoms with E-state index < -0.39 is 35.7 Å². The first-order chi connectivity index (χ1) is 10.7. The molecule has 6 nitrogen and oxygen atoms in total. The Bertz CT molecular complexity index is 579. The maximum atomic E-state index is 12.2. The van der Waals surface area contributed by atoms with Crippen molar-refractivity contribution >= 4 is 29.7 Å². The quantitative estimate of drug-likeness (QED) is 0.609. The highest BCUT2D eigenvalue weighted by atomic mass is 32.2. The molecule has 0 aliphatic rings. The van der Waals surface area contributed by atoms with Crippen molar-refractivity contribution in [1.82, 2.24) is 5.32 Å². The first kappa shape index (κ1) is 18.9. The number of carbonyl (C=O) groups excluding carboxylic acids is 3. The van der Waals surface area contributed by atoms with E-state index in [2.05, 4.69) is 0 Å². The van der Waals surface area contributed by atoms with Crippen LogP contribution in [0.5, 0.6) is 0 Å². The summed E-state index contributed by atoms with van der Waals surface area (Å²) in [6, 6.07) is 4.28. The largest absolute Gasteiger partial charge is 0.448 e. The molecule has 1 rings (SSSR count). The number of halogens is 2. The number of esters is 1. The predicted molar refractivity (Wildman–Crippen MR) is 80.1 cm³/mol. The Labute approximate surface area is 135 Å². The van der Waals surface area contributed by atoms with E-state index in [0.29, 0.717) is 16.7 Å². The number of benzene rings is 1. The van der Waals surface area contributed by atoms with Crippen LogP contribution in [0, 0.1) is 5.92 Å². The summed E-state index contributed by atoms with van der Waals surface area (Å²) < 4.78 is 29.5. The van der Waals surface area contributed by atoms with Gasteiger partial charge in [-0.3, -0.25) is 10.1 Å². The number of rotatable bonds is 6. The lowest BCUT2D eigenvalue weighted by atomic mass is 10.1. The lowest BCUT2D eigenvalue weighted by Gasteiger charge is -2.19. The van der Waals surface area contributed by atoms with Gasteiger partial charge in [-0.2, -0.15) is 8.78 Å². The molecule has 23 heavy (non-hydrogen) atoms. The molecule has 9 heteroatoms. The summed E-state index contributed by atoms with van der Waals surface area (Å²) in [5, 5.41) is 1.85. The summed E-state index contributed by atoms with van der Waals surface area (Å²) in [6.07, 6.45) is -1.20. The number of ether oxygens (including phenoxy) is 1. The number of nitrogens with one attached hydrogen (secondary N) is 1. The van der Waals surface area contributed by atoms with Crippen LogP contribution in [-0.2, 0) is 9.53 Å². The summed E-state index contributed by atoms with van der Waals surface area (Å²) in [7, 11) is 0. The third-order valence-electron chi connectivity index (χ3n) is 2.66. The topological polar surface area (TPSA) is 98.5 Å². The number of thioether (sulfide) groups is 1. The van der Waals surface area contributed by atoms with Crippen molar-refractivity contribution in [3.8, 4) is 0 Å². The summed E-state index contributed by atoms with van der Waals surface area (Å²) >= 11 is 0.348. The predicted octanol–water partition coefficient (Wildman–Crippen LogP) is 2.38. The van der Waals surface area contributed by atoms with E-state index in [1.807, 2.05) is 5.32 Å². The summed E-state index contributed by atoms with van der Waals surface area (Å²) in [5.41, 5.74) is 4.95. The van der Waals surface area contributed by atoms with Gasteiger partial charge in [0.05, 0.1) is 5.56 Å². The molecular weight excluding hydrogens is 330 g/mol. The highest BCUT2D eigenvalue weighted by molar-refractivity contribution is 7.99. The normalized spacial score (nSPS) is 12.1. The Kier molecular flexibility index (Phi) is 6.95. The van der Waals surface area contributed by atoms with Gasteiger partial charge in [0, 0.05) is 4.90 Å². The zero-order valence-corrected chi connectivity index (χ0v) is 13.2. The molecule has 0 aliphatic heterocycles. The third-order valence-corrected chi connectivity index (χ3v) is 3.38. The Morgan fingerprint density at radius 3 is 2.17 bits per heavy atom. The van der Waals surface area contributed by atoms with Crippen LogP contribution in [0.3, 0.4) is 0 Å². The van der Waals surface area contributed by atoms with Gasteiger partial charge in [-0.25, -0.2) is 9.59 Å². The van der Waals surface area contributed by atoms with Crippen molar-refractivity contribution in [3.05, 3.63) is 29.8 Å². The van der Waals surface area contributed by atoms with E-state index in [1.54, 1.807) is 13.8 Å². The van der Waals surface area contributed by atoms with Gasteiger partial charge in [0.15, 0.2) is 6.10 Å². The number of nitrogens with two attached hydrogens (primary N) is 1. The molecule has 0 saturated heterocycles. The molecule has 0 heterocycles. The lowest BCUT2D eigenvalue weighted by Crippen LogP contribution is -2.45. The molecule has 0 aliphatic carbocycles. The smallest absolute Gasteiger partial charge is 0.338 e. The Hall–Kier alpha value is -2.16. The number of imide groups is 1. The average Bonchev–Trinajstić information content (AvgIpc) is 2.43. The molecule has 0 radical (unpaired) electrons. The molecule has 1 unspecified atom stereocenters. The number of hydrogen-bond acceptors (Lipinski definition) is 5. The monoisotopic (exact) mass is 346 g/mol. The van der Waals surface area contributed by atoms with Crippen LogP contribution in [0.25, 0.3) is 0 Å². The number of amides is 3. The van der Waals surface area contributed by atoms with Crippen LogP contribution in [0.2, 0.25) is 0 Å². The fraction of sp³-hybridized carbons (Fsp3) is 0.357. The standard InChI is InChI=1S/C14H16F2N2O4S/c1-7(2)10(11(19)18-14(17)21)22-12(20)8-3-5-9(6-4-8)23-13(15)16/h3-7,10,13H,1-2H3,(H3,17,18,19,21). The van der Waals surface area contributed by atoms with Gasteiger partial charge in [0.2, 0.25) is 0 Å². The maximum Gasteiger partial charge on any atom is 0.338 e. The lowest BCUT2D eigenvalue weighted by molar-refractivity contribution is -0.130. The van der Waals surface area contributed by atoms with Gasteiger partial charge in [-0.05, 0) is 30.2 Å². The van der Waals surface area contributed by atoms with Crippen LogP contribution in [0.15, 0.2) is 29.2 Å². The summed E-state index contributed by atoms with van der Waals surface area (Å²) in [5.74, 6) is -4.59. The molecule has 0 bridgehead atoms. The van der Waals surface area contributed by atoms with Gasteiger partial charge in [0.25, 0.3) is 11.7 Å². The Morgan fingerprint density at radius 2 is 1.74 bits per heavy atom. The number of hydrogen-bond donors (Lipinski definition) is 2. The minimum absolute atomic E-state index is 0.0983. The SMILES string of the molecule is CC(C)C(OC(=O)c1ccc(SC(F)F)cc1)C(=O)NC(N)=O. The van der Waals surface area contributed by atoms with E-state index in [-0.39, 0.29) is 5.56 Å². The maximum absolute atomic E-state index is 12.2. The van der Waals surface area contributed by atoms with Crippen LogP contribution in [0.4, 0.5) is 13.6 Å². The zero-order valence-electron chi connectivity index (χ0n) is 12.4. The minimum Gasteiger partial charge on any atom is -0.448 e. The minimum atomic E-state index is -2.56. The molecule has 126 valence electrons.